The molecule has 0 amide bonds. The summed E-state index contributed by atoms with van der Waals surface area (Å²) in [5, 5.41) is 3.11. The normalized spacial score (nSPS) is 12.7. The highest BCUT2D eigenvalue weighted by Gasteiger charge is 2.12. The van der Waals surface area contributed by atoms with Gasteiger partial charge in [-0.15, -0.1) is 12.3 Å². The van der Waals surface area contributed by atoms with Crippen LogP contribution in [0.25, 0.3) is 0 Å². The molecule has 1 rings (SSSR count). The van der Waals surface area contributed by atoms with E-state index in [1.54, 1.807) is 0 Å². The molecule has 1 unspecified atom stereocenters. The van der Waals surface area contributed by atoms with Crippen LogP contribution in [-0.4, -0.2) is 15.6 Å². The maximum absolute atomic E-state index is 12.5. The number of nitrogens with zero attached hydrogens (tertiary/aromatic N) is 2. The van der Waals surface area contributed by atoms with Gasteiger partial charge >= 0.3 is 6.55 Å². The van der Waals surface area contributed by atoms with Gasteiger partial charge < -0.3 is 5.32 Å². The first-order valence-electron chi connectivity index (χ1n) is 5.15. The zero-order valence-corrected chi connectivity index (χ0v) is 9.16. The number of aromatic nitrogens is 2. The molecule has 88 valence electrons. The Bertz CT molecular complexity index is 354. The molecule has 1 aromatic rings. The Morgan fingerprint density at radius 2 is 2.38 bits per heavy atom. The average Bonchev–Trinajstić information content (AvgIpc) is 2.72. The molecule has 5 heteroatoms. The fourth-order valence-corrected chi connectivity index (χ4v) is 1.40. The number of hydrogen-bond donors (Lipinski definition) is 1. The summed E-state index contributed by atoms with van der Waals surface area (Å²) in [5.74, 6) is 2.87. The van der Waals surface area contributed by atoms with Crippen LogP contribution in [0.5, 0.6) is 0 Å². The SMILES string of the molecule is C#CCC(CC)NCc1nccn1C(F)F. The van der Waals surface area contributed by atoms with E-state index in [2.05, 4.69) is 16.2 Å². The maximum atomic E-state index is 12.5. The first-order chi connectivity index (χ1) is 7.69. The second-order valence-corrected chi connectivity index (χ2v) is 3.42. The van der Waals surface area contributed by atoms with E-state index in [4.69, 9.17) is 6.42 Å². The number of imidazole rings is 1. The molecule has 0 aliphatic carbocycles. The molecule has 3 nitrogen and oxygen atoms in total. The van der Waals surface area contributed by atoms with Gasteiger partial charge in [-0.25, -0.2) is 4.98 Å². The predicted molar refractivity (Wildman–Crippen MR) is 57.8 cm³/mol. The lowest BCUT2D eigenvalue weighted by Crippen LogP contribution is -2.28. The van der Waals surface area contributed by atoms with Crippen molar-refractivity contribution in [2.75, 3.05) is 0 Å². The van der Waals surface area contributed by atoms with Crippen LogP contribution >= 0.6 is 0 Å². The number of rotatable bonds is 6. The minimum absolute atomic E-state index is 0.146. The van der Waals surface area contributed by atoms with Crippen molar-refractivity contribution < 1.29 is 8.78 Å². The topological polar surface area (TPSA) is 29.9 Å². The Kier molecular flexibility index (Phi) is 4.93. The van der Waals surface area contributed by atoms with E-state index in [9.17, 15) is 8.78 Å². The van der Waals surface area contributed by atoms with Crippen LogP contribution in [0.15, 0.2) is 12.4 Å². The number of halogens is 2. The number of terminal acetylenes is 1. The highest BCUT2D eigenvalue weighted by Crippen LogP contribution is 2.12. The lowest BCUT2D eigenvalue weighted by molar-refractivity contribution is 0.0664. The smallest absolute Gasteiger partial charge is 0.306 e. The standard InChI is InChI=1S/C11H15F2N3/c1-3-5-9(4-2)15-8-10-14-6-7-16(10)11(12)13/h1,6-7,9,11,15H,4-5,8H2,2H3. The van der Waals surface area contributed by atoms with Crippen LogP contribution in [-0.2, 0) is 6.54 Å². The second-order valence-electron chi connectivity index (χ2n) is 3.42. The average molecular weight is 227 g/mol. The summed E-state index contributed by atoms with van der Waals surface area (Å²) in [6.07, 6.45) is 9.29. The molecule has 1 heterocycles. The van der Waals surface area contributed by atoms with Crippen molar-refractivity contribution in [3.63, 3.8) is 0 Å². The number of nitrogens with one attached hydrogen (secondary N) is 1. The van der Waals surface area contributed by atoms with Gasteiger partial charge in [0.15, 0.2) is 0 Å². The highest BCUT2D eigenvalue weighted by molar-refractivity contribution is 4.94. The zero-order chi connectivity index (χ0) is 12.0. The largest absolute Gasteiger partial charge is 0.319 e. The van der Waals surface area contributed by atoms with Crippen molar-refractivity contribution >= 4 is 0 Å². The third-order valence-electron chi connectivity index (χ3n) is 2.37. The lowest BCUT2D eigenvalue weighted by Gasteiger charge is -2.14. The number of alkyl halides is 2. The van der Waals surface area contributed by atoms with Gasteiger partial charge in [0.25, 0.3) is 0 Å². The van der Waals surface area contributed by atoms with Crippen molar-refractivity contribution in [1.29, 1.82) is 0 Å². The third-order valence-corrected chi connectivity index (χ3v) is 2.37. The van der Waals surface area contributed by atoms with Gasteiger partial charge in [-0.05, 0) is 6.42 Å². The van der Waals surface area contributed by atoms with Gasteiger partial charge in [0.1, 0.15) is 5.82 Å². The van der Waals surface area contributed by atoms with E-state index in [1.165, 1.54) is 12.4 Å². The molecule has 0 aliphatic heterocycles. The van der Waals surface area contributed by atoms with Gasteiger partial charge in [0.2, 0.25) is 0 Å². The van der Waals surface area contributed by atoms with Crippen molar-refractivity contribution in [2.24, 2.45) is 0 Å². The van der Waals surface area contributed by atoms with Crippen LogP contribution in [0.4, 0.5) is 8.78 Å². The van der Waals surface area contributed by atoms with E-state index in [-0.39, 0.29) is 6.04 Å². The van der Waals surface area contributed by atoms with Crippen LogP contribution < -0.4 is 5.32 Å². The Balaban J connectivity index is 2.53. The molecule has 1 atom stereocenters. The van der Waals surface area contributed by atoms with E-state index in [0.29, 0.717) is 18.8 Å². The summed E-state index contributed by atoms with van der Waals surface area (Å²) in [5.41, 5.74) is 0. The molecule has 0 saturated heterocycles. The van der Waals surface area contributed by atoms with Gasteiger partial charge in [0, 0.05) is 24.9 Å². The lowest BCUT2D eigenvalue weighted by atomic mass is 10.1. The summed E-state index contributed by atoms with van der Waals surface area (Å²) in [7, 11) is 0. The first kappa shape index (κ1) is 12.7. The van der Waals surface area contributed by atoms with Gasteiger partial charge in [-0.3, -0.25) is 4.57 Å². The molecule has 0 saturated carbocycles. The van der Waals surface area contributed by atoms with Gasteiger partial charge in [-0.2, -0.15) is 8.78 Å². The van der Waals surface area contributed by atoms with Crippen LogP contribution in [0.2, 0.25) is 0 Å². The second kappa shape index (κ2) is 6.23. The predicted octanol–water partition coefficient (Wildman–Crippen LogP) is 2.17. The van der Waals surface area contributed by atoms with E-state index < -0.39 is 6.55 Å². The van der Waals surface area contributed by atoms with Crippen LogP contribution in [0.1, 0.15) is 32.1 Å². The molecule has 0 bridgehead atoms. The molecule has 0 aromatic carbocycles. The summed E-state index contributed by atoms with van der Waals surface area (Å²) in [6, 6.07) is 0.146. The Morgan fingerprint density at radius 3 is 2.94 bits per heavy atom. The van der Waals surface area contributed by atoms with E-state index >= 15 is 0 Å². The van der Waals surface area contributed by atoms with E-state index in [0.717, 1.165) is 11.0 Å². The molecule has 0 radical (unpaired) electrons. The Labute approximate surface area is 93.9 Å². The van der Waals surface area contributed by atoms with E-state index in [1.807, 2.05) is 6.92 Å². The van der Waals surface area contributed by atoms with Crippen LogP contribution in [0.3, 0.4) is 0 Å². The molecule has 0 aliphatic rings. The Morgan fingerprint density at radius 1 is 1.62 bits per heavy atom. The van der Waals surface area contributed by atoms with Crippen molar-refractivity contribution in [3.05, 3.63) is 18.2 Å². The van der Waals surface area contributed by atoms with Gasteiger partial charge in [0.05, 0.1) is 6.54 Å². The van der Waals surface area contributed by atoms with Crippen LogP contribution in [0, 0.1) is 12.3 Å². The molecule has 0 spiro atoms. The van der Waals surface area contributed by atoms with Gasteiger partial charge in [-0.1, -0.05) is 6.92 Å². The third kappa shape index (κ3) is 3.31. The molecule has 16 heavy (non-hydrogen) atoms. The maximum Gasteiger partial charge on any atom is 0.319 e. The summed E-state index contributed by atoms with van der Waals surface area (Å²) >= 11 is 0. The molecule has 1 aromatic heterocycles. The monoisotopic (exact) mass is 227 g/mol. The summed E-state index contributed by atoms with van der Waals surface area (Å²) in [6.45, 7) is -0.251. The number of hydrogen-bond acceptors (Lipinski definition) is 2. The summed E-state index contributed by atoms with van der Waals surface area (Å²) in [4.78, 5) is 3.87. The zero-order valence-electron chi connectivity index (χ0n) is 9.16. The minimum Gasteiger partial charge on any atom is -0.306 e. The molecular formula is C11H15F2N3. The van der Waals surface area contributed by atoms with Crippen molar-refractivity contribution in [3.8, 4) is 12.3 Å². The molecule has 1 N–H and O–H groups in total. The van der Waals surface area contributed by atoms with Crippen molar-refractivity contribution in [2.45, 2.75) is 38.9 Å². The quantitative estimate of drug-likeness (QED) is 0.755. The summed E-state index contributed by atoms with van der Waals surface area (Å²) < 4.78 is 25.8. The van der Waals surface area contributed by atoms with Crippen molar-refractivity contribution in [1.82, 2.24) is 14.9 Å². The fraction of sp³-hybridized carbons (Fsp3) is 0.545. The highest BCUT2D eigenvalue weighted by atomic mass is 19.3. The minimum atomic E-state index is -2.55. The Hall–Kier alpha value is -1.41. The first-order valence-corrected chi connectivity index (χ1v) is 5.15. The molecular weight excluding hydrogens is 212 g/mol. The molecule has 0 fully saturated rings. The fourth-order valence-electron chi connectivity index (χ4n) is 1.40.